The average molecular weight is 119 g/mol. The van der Waals surface area contributed by atoms with Gasteiger partial charge in [-0.15, -0.1) is 0 Å². The lowest BCUT2D eigenvalue weighted by Crippen LogP contribution is -2.32. The van der Waals surface area contributed by atoms with E-state index < -0.39 is 12.0 Å². The number of aliphatic carboxylic acids is 1. The summed E-state index contributed by atoms with van der Waals surface area (Å²) in [6, 6.07) is -1.07. The smallest absolute Gasteiger partial charge is 0.325 e. The summed E-state index contributed by atoms with van der Waals surface area (Å²) < 4.78 is 6.64. The molecule has 1 amide bonds. The second kappa shape index (κ2) is 3.01. The Morgan fingerprint density at radius 1 is 2.12 bits per heavy atom. The maximum Gasteiger partial charge on any atom is 0.325 e. The molecule has 0 aromatic carbocycles. The largest absolute Gasteiger partial charge is 0.480 e. The van der Waals surface area contributed by atoms with Crippen LogP contribution in [0.3, 0.4) is 0 Å². The minimum Gasteiger partial charge on any atom is -0.480 e. The lowest BCUT2D eigenvalue weighted by atomic mass is 10.4. The van der Waals surface area contributed by atoms with Crippen LogP contribution in [0.25, 0.3) is 0 Å². The Kier molecular flexibility index (Phi) is 1.91. The fourth-order valence-electron chi connectivity index (χ4n) is 0.155. The van der Waals surface area contributed by atoms with Gasteiger partial charge in [-0.05, 0) is 6.92 Å². The second-order valence-electron chi connectivity index (χ2n) is 1.27. The van der Waals surface area contributed by atoms with Crippen LogP contribution in [0, 0.1) is 0 Å². The van der Waals surface area contributed by atoms with E-state index in [4.69, 9.17) is 6.52 Å². The molecule has 1 atom stereocenters. The summed E-state index contributed by atoms with van der Waals surface area (Å²) in [7, 11) is 0. The highest BCUT2D eigenvalue weighted by Gasteiger charge is 2.06. The van der Waals surface area contributed by atoms with Gasteiger partial charge in [0, 0.05) is 0 Å². The molecule has 0 bridgehead atoms. The molecule has 0 aromatic heterocycles. The van der Waals surface area contributed by atoms with E-state index in [0.717, 1.165) is 0 Å². The number of carbonyl (C=O) groups is 2. The number of carboxylic acid groups (broad SMARTS) is 1. The summed E-state index contributed by atoms with van der Waals surface area (Å²) in [5.74, 6) is -1.18. The maximum absolute atomic E-state index is 9.98. The number of carboxylic acids is 1. The van der Waals surface area contributed by atoms with Crippen molar-refractivity contribution in [1.82, 2.24) is 5.31 Å². The second-order valence-corrected chi connectivity index (χ2v) is 1.27. The molecule has 0 saturated heterocycles. The van der Waals surface area contributed by atoms with Gasteiger partial charge in [-0.1, -0.05) is 0 Å². The van der Waals surface area contributed by atoms with Crippen molar-refractivity contribution in [2.24, 2.45) is 0 Å². The highest BCUT2D eigenvalue weighted by atomic mass is 16.4. The molecule has 0 saturated carbocycles. The number of rotatable bonds is 3. The summed E-state index contributed by atoms with van der Waals surface area (Å²) in [6.45, 7) is 1.25. The summed E-state index contributed by atoms with van der Waals surface area (Å²) in [5.41, 5.74) is 0. The minimum atomic E-state index is -1.18. The number of amides is 1. The maximum atomic E-state index is 9.98. The predicted octanol–water partition coefficient (Wildman–Crippen LogP) is -0.794. The van der Waals surface area contributed by atoms with E-state index in [9.17, 15) is 9.59 Å². The molecule has 4 nitrogen and oxygen atoms in total. The quantitative estimate of drug-likeness (QED) is 0.478. The predicted molar refractivity (Wildman–Crippen MR) is 26.3 cm³/mol. The molecule has 8 heavy (non-hydrogen) atoms. The highest BCUT2D eigenvalue weighted by molar-refractivity contribution is 5.75. The van der Waals surface area contributed by atoms with Crippen molar-refractivity contribution in [3.05, 3.63) is 0 Å². The SMILES string of the molecule is [3H]N(C=O)C(C)C(=O)O. The molecule has 0 fully saturated rings. The monoisotopic (exact) mass is 119 g/mol. The topological polar surface area (TPSA) is 66.4 Å². The molecule has 0 aromatic rings. The Morgan fingerprint density at radius 3 is 2.75 bits per heavy atom. The molecule has 0 rings (SSSR count). The van der Waals surface area contributed by atoms with Crippen LogP contribution in [-0.2, 0) is 9.59 Å². The number of hydrogen-bond acceptors (Lipinski definition) is 2. The zero-order chi connectivity index (χ0) is 7.44. The lowest BCUT2D eigenvalue weighted by molar-refractivity contribution is -0.140. The molecule has 0 aliphatic rings. The van der Waals surface area contributed by atoms with Gasteiger partial charge >= 0.3 is 5.97 Å². The Morgan fingerprint density at radius 2 is 2.62 bits per heavy atom. The number of nitrogens with one attached hydrogen (secondary N) is 1. The summed E-state index contributed by atoms with van der Waals surface area (Å²) in [6.07, 6.45) is 0.152. The van der Waals surface area contributed by atoms with Crippen LogP contribution in [-0.4, -0.2) is 23.5 Å². The first-order chi connectivity index (χ1) is 4.09. The van der Waals surface area contributed by atoms with Gasteiger partial charge < -0.3 is 10.4 Å². The van der Waals surface area contributed by atoms with Crippen molar-refractivity contribution in [3.8, 4) is 0 Å². The third-order valence-corrected chi connectivity index (χ3v) is 0.642. The van der Waals surface area contributed by atoms with Gasteiger partial charge in [-0.3, -0.25) is 9.59 Å². The van der Waals surface area contributed by atoms with Crippen LogP contribution in [0.5, 0.6) is 0 Å². The third kappa shape index (κ3) is 2.17. The van der Waals surface area contributed by atoms with Crippen LogP contribution >= 0.6 is 0 Å². The van der Waals surface area contributed by atoms with Gasteiger partial charge in [0.25, 0.3) is 0 Å². The summed E-state index contributed by atoms with van der Waals surface area (Å²) in [5, 5.41) is 8.50. The van der Waals surface area contributed by atoms with E-state index in [1.807, 2.05) is 0 Å². The molecule has 0 aliphatic carbocycles. The minimum absolute atomic E-state index is 0.152. The standard InChI is InChI=1S/C4H7NO3/c1-3(4(7)8)5-2-6/h2-3H,1H3,(H,5,6)(H,7,8)/i/hT. The summed E-state index contributed by atoms with van der Waals surface area (Å²) >= 11 is 0. The molecule has 1 unspecified atom stereocenters. The zero-order valence-corrected chi connectivity index (χ0v) is 4.37. The van der Waals surface area contributed by atoms with Gasteiger partial charge in [0.05, 0.1) is 0 Å². The van der Waals surface area contributed by atoms with Gasteiger partial charge in [-0.2, -0.15) is 0 Å². The highest BCUT2D eigenvalue weighted by Crippen LogP contribution is 1.75. The van der Waals surface area contributed by atoms with E-state index in [1.54, 1.807) is 0 Å². The fourth-order valence-corrected chi connectivity index (χ4v) is 0.155. The first-order valence-electron chi connectivity index (χ1n) is 2.49. The Hall–Kier alpha value is -1.06. The number of hydrogen-bond donors (Lipinski definition) is 2. The van der Waals surface area contributed by atoms with Crippen LogP contribution in [0.1, 0.15) is 6.92 Å². The summed E-state index contributed by atoms with van der Waals surface area (Å²) in [4.78, 5) is 19.7. The van der Waals surface area contributed by atoms with Gasteiger partial charge in [-0.25, -0.2) is 0 Å². The van der Waals surface area contributed by atoms with E-state index in [0.29, 0.717) is 5.31 Å². The van der Waals surface area contributed by atoms with Crippen molar-refractivity contribution >= 4 is 12.4 Å². The van der Waals surface area contributed by atoms with E-state index in [2.05, 4.69) is 0 Å². The molecule has 46 valence electrons. The van der Waals surface area contributed by atoms with Crippen molar-refractivity contribution in [2.75, 3.05) is 0 Å². The van der Waals surface area contributed by atoms with Crippen LogP contribution in [0.4, 0.5) is 0 Å². The fraction of sp³-hybridized carbons (Fsp3) is 0.500. The molecule has 0 heterocycles. The van der Waals surface area contributed by atoms with Crippen molar-refractivity contribution in [2.45, 2.75) is 13.0 Å². The van der Waals surface area contributed by atoms with Gasteiger partial charge in [0.15, 0.2) is 1.41 Å². The van der Waals surface area contributed by atoms with Crippen molar-refractivity contribution in [1.29, 1.82) is 0 Å². The Bertz CT molecular complexity index is 127. The van der Waals surface area contributed by atoms with Crippen LogP contribution < -0.4 is 5.31 Å². The molecular weight excluding hydrogens is 110 g/mol. The average Bonchev–Trinajstić information content (AvgIpc) is 1.84. The molecular formula is C4H7NO3. The lowest BCUT2D eigenvalue weighted by Gasteiger charge is -2.00. The van der Waals surface area contributed by atoms with Crippen LogP contribution in [0.15, 0.2) is 0 Å². The van der Waals surface area contributed by atoms with E-state index in [1.165, 1.54) is 6.92 Å². The molecule has 4 heteroatoms. The molecule has 0 spiro atoms. The van der Waals surface area contributed by atoms with E-state index >= 15 is 0 Å². The normalized spacial score (nSPS) is 13.9. The molecule has 0 aliphatic heterocycles. The van der Waals surface area contributed by atoms with E-state index in [-0.39, 0.29) is 6.41 Å². The zero-order valence-electron chi connectivity index (χ0n) is 5.37. The van der Waals surface area contributed by atoms with Gasteiger partial charge in [0.2, 0.25) is 6.41 Å². The molecule has 2 N–H and O–H groups in total. The third-order valence-electron chi connectivity index (χ3n) is 0.642. The first-order valence-corrected chi connectivity index (χ1v) is 2.05. The number of carbonyl (C=O) groups excluding carboxylic acids is 1. The Labute approximate surface area is 48.0 Å². The van der Waals surface area contributed by atoms with Crippen molar-refractivity contribution in [3.63, 3.8) is 0 Å². The first kappa shape index (κ1) is 5.08. The van der Waals surface area contributed by atoms with Crippen molar-refractivity contribution < 1.29 is 16.1 Å². The van der Waals surface area contributed by atoms with Crippen LogP contribution in [0.2, 0.25) is 1.41 Å². The molecule has 0 radical (unpaired) electrons. The Balaban J connectivity index is 3.86. The van der Waals surface area contributed by atoms with Gasteiger partial charge in [0.1, 0.15) is 6.04 Å².